The summed E-state index contributed by atoms with van der Waals surface area (Å²) in [4.78, 5) is 16.0. The molecule has 0 spiro atoms. The standard InChI is InChI=1S/C10H14N2O2S/c1-10(2,3)14-9(13)12-8-5-4-7(15)6-11-8/h4-6,15H,1-3H3,(H,11,12,13). The van der Waals surface area contributed by atoms with Gasteiger partial charge in [-0.25, -0.2) is 9.78 Å². The highest BCUT2D eigenvalue weighted by molar-refractivity contribution is 7.80. The molecule has 1 heterocycles. The molecule has 1 aromatic rings. The Morgan fingerprint density at radius 1 is 1.47 bits per heavy atom. The lowest BCUT2D eigenvalue weighted by Crippen LogP contribution is -2.27. The first-order valence-corrected chi connectivity index (χ1v) is 4.96. The summed E-state index contributed by atoms with van der Waals surface area (Å²) in [6.45, 7) is 5.41. The van der Waals surface area contributed by atoms with Gasteiger partial charge in [0.15, 0.2) is 0 Å². The fourth-order valence-electron chi connectivity index (χ4n) is 0.868. The molecule has 0 fully saturated rings. The van der Waals surface area contributed by atoms with E-state index in [1.54, 1.807) is 39.1 Å². The van der Waals surface area contributed by atoms with E-state index in [1.807, 2.05) is 0 Å². The Kier molecular flexibility index (Phi) is 3.57. The summed E-state index contributed by atoms with van der Waals surface area (Å²) in [5, 5.41) is 2.52. The number of ether oxygens (including phenoxy) is 1. The molecule has 0 saturated heterocycles. The molecular weight excluding hydrogens is 212 g/mol. The van der Waals surface area contributed by atoms with Crippen molar-refractivity contribution >= 4 is 24.5 Å². The molecule has 1 rings (SSSR count). The monoisotopic (exact) mass is 226 g/mol. The van der Waals surface area contributed by atoms with Gasteiger partial charge in [0.2, 0.25) is 0 Å². The molecule has 5 heteroatoms. The zero-order valence-electron chi connectivity index (χ0n) is 8.94. The smallest absolute Gasteiger partial charge is 0.413 e. The molecule has 1 aromatic heterocycles. The molecule has 0 aliphatic rings. The quantitative estimate of drug-likeness (QED) is 0.724. The Morgan fingerprint density at radius 2 is 2.13 bits per heavy atom. The number of anilines is 1. The highest BCUT2D eigenvalue weighted by Crippen LogP contribution is 2.11. The van der Waals surface area contributed by atoms with Gasteiger partial charge in [-0.2, -0.15) is 0 Å². The van der Waals surface area contributed by atoms with E-state index >= 15 is 0 Å². The van der Waals surface area contributed by atoms with Gasteiger partial charge in [-0.15, -0.1) is 12.6 Å². The maximum absolute atomic E-state index is 11.3. The largest absolute Gasteiger partial charge is 0.444 e. The van der Waals surface area contributed by atoms with E-state index in [2.05, 4.69) is 22.9 Å². The van der Waals surface area contributed by atoms with Crippen molar-refractivity contribution in [3.05, 3.63) is 18.3 Å². The van der Waals surface area contributed by atoms with Gasteiger partial charge in [-0.1, -0.05) is 0 Å². The molecule has 0 bridgehead atoms. The first-order chi connectivity index (χ1) is 6.87. The maximum Gasteiger partial charge on any atom is 0.413 e. The highest BCUT2D eigenvalue weighted by atomic mass is 32.1. The van der Waals surface area contributed by atoms with Gasteiger partial charge in [-0.3, -0.25) is 5.32 Å². The predicted octanol–water partition coefficient (Wildman–Crippen LogP) is 2.72. The molecule has 82 valence electrons. The van der Waals surface area contributed by atoms with E-state index < -0.39 is 11.7 Å². The van der Waals surface area contributed by atoms with Crippen molar-refractivity contribution < 1.29 is 9.53 Å². The number of thiol groups is 1. The third-order valence-electron chi connectivity index (χ3n) is 1.38. The zero-order valence-corrected chi connectivity index (χ0v) is 9.84. The number of amides is 1. The van der Waals surface area contributed by atoms with Gasteiger partial charge in [0.25, 0.3) is 0 Å². The maximum atomic E-state index is 11.3. The van der Waals surface area contributed by atoms with Crippen LogP contribution >= 0.6 is 12.6 Å². The molecule has 0 saturated carbocycles. The number of pyridine rings is 1. The minimum atomic E-state index is -0.512. The Balaban J connectivity index is 2.55. The average molecular weight is 226 g/mol. The summed E-state index contributed by atoms with van der Waals surface area (Å²) in [5.74, 6) is 0.446. The lowest BCUT2D eigenvalue weighted by Gasteiger charge is -2.19. The van der Waals surface area contributed by atoms with Crippen LogP contribution in [0.5, 0.6) is 0 Å². The summed E-state index contributed by atoms with van der Waals surface area (Å²) in [7, 11) is 0. The Hall–Kier alpha value is -1.23. The van der Waals surface area contributed by atoms with E-state index in [4.69, 9.17) is 4.74 Å². The van der Waals surface area contributed by atoms with Gasteiger partial charge >= 0.3 is 6.09 Å². The van der Waals surface area contributed by atoms with Crippen LogP contribution in [0.3, 0.4) is 0 Å². The van der Waals surface area contributed by atoms with Crippen LogP contribution in [0.4, 0.5) is 10.6 Å². The summed E-state index contributed by atoms with van der Waals surface area (Å²) < 4.78 is 5.06. The van der Waals surface area contributed by atoms with E-state index in [-0.39, 0.29) is 0 Å². The van der Waals surface area contributed by atoms with Crippen molar-refractivity contribution in [3.63, 3.8) is 0 Å². The van der Waals surface area contributed by atoms with Crippen LogP contribution in [0.15, 0.2) is 23.2 Å². The molecule has 1 N–H and O–H groups in total. The van der Waals surface area contributed by atoms with Crippen LogP contribution < -0.4 is 5.32 Å². The van der Waals surface area contributed by atoms with Crippen LogP contribution in [-0.4, -0.2) is 16.7 Å². The summed E-state index contributed by atoms with van der Waals surface area (Å²) in [6, 6.07) is 3.40. The van der Waals surface area contributed by atoms with Gasteiger partial charge < -0.3 is 4.74 Å². The second-order valence-corrected chi connectivity index (χ2v) is 4.54. The highest BCUT2D eigenvalue weighted by Gasteiger charge is 2.16. The van der Waals surface area contributed by atoms with E-state index in [0.717, 1.165) is 4.90 Å². The van der Waals surface area contributed by atoms with Crippen LogP contribution in [0.2, 0.25) is 0 Å². The van der Waals surface area contributed by atoms with Crippen molar-refractivity contribution in [2.24, 2.45) is 0 Å². The lowest BCUT2D eigenvalue weighted by molar-refractivity contribution is 0.0635. The summed E-state index contributed by atoms with van der Waals surface area (Å²) in [5.41, 5.74) is -0.506. The normalized spacial score (nSPS) is 10.9. The number of rotatable bonds is 1. The molecule has 4 nitrogen and oxygen atoms in total. The van der Waals surface area contributed by atoms with E-state index in [1.165, 1.54) is 0 Å². The van der Waals surface area contributed by atoms with Crippen LogP contribution in [0.25, 0.3) is 0 Å². The first kappa shape index (κ1) is 11.8. The average Bonchev–Trinajstić information content (AvgIpc) is 2.05. The Morgan fingerprint density at radius 3 is 2.60 bits per heavy atom. The minimum absolute atomic E-state index is 0.446. The topological polar surface area (TPSA) is 51.2 Å². The van der Waals surface area contributed by atoms with Crippen molar-refractivity contribution in [1.29, 1.82) is 0 Å². The number of hydrogen-bond donors (Lipinski definition) is 2. The van der Waals surface area contributed by atoms with E-state index in [0.29, 0.717) is 5.82 Å². The van der Waals surface area contributed by atoms with Crippen LogP contribution in [0.1, 0.15) is 20.8 Å². The molecule has 1 amide bonds. The zero-order chi connectivity index (χ0) is 11.5. The minimum Gasteiger partial charge on any atom is -0.444 e. The molecule has 0 aromatic carbocycles. The molecule has 0 radical (unpaired) electrons. The van der Waals surface area contributed by atoms with Gasteiger partial charge in [-0.05, 0) is 32.9 Å². The third-order valence-corrected chi connectivity index (χ3v) is 1.64. The second kappa shape index (κ2) is 4.53. The molecule has 0 atom stereocenters. The third kappa shape index (κ3) is 4.69. The van der Waals surface area contributed by atoms with Crippen molar-refractivity contribution in [2.45, 2.75) is 31.3 Å². The number of nitrogens with zero attached hydrogens (tertiary/aromatic N) is 1. The fourth-order valence-corrected chi connectivity index (χ4v) is 1.00. The number of carbonyl (C=O) groups is 1. The molecule has 0 unspecified atom stereocenters. The summed E-state index contributed by atoms with van der Waals surface area (Å²) >= 11 is 4.08. The summed E-state index contributed by atoms with van der Waals surface area (Å²) in [6.07, 6.45) is 1.04. The van der Waals surface area contributed by atoms with Crippen LogP contribution in [0, 0.1) is 0 Å². The Labute approximate surface area is 94.5 Å². The Bertz CT molecular complexity index is 343. The molecule has 15 heavy (non-hydrogen) atoms. The second-order valence-electron chi connectivity index (χ2n) is 4.03. The number of nitrogens with one attached hydrogen (secondary N) is 1. The molecule has 0 aliphatic heterocycles. The molecule has 0 aliphatic carbocycles. The van der Waals surface area contributed by atoms with Gasteiger partial charge in [0.1, 0.15) is 11.4 Å². The SMILES string of the molecule is CC(C)(C)OC(=O)Nc1ccc(S)cn1. The van der Waals surface area contributed by atoms with Gasteiger partial charge in [0.05, 0.1) is 0 Å². The van der Waals surface area contributed by atoms with Crippen molar-refractivity contribution in [2.75, 3.05) is 5.32 Å². The number of hydrogen-bond acceptors (Lipinski definition) is 4. The number of carbonyl (C=O) groups excluding carboxylic acids is 1. The number of aromatic nitrogens is 1. The predicted molar refractivity (Wildman–Crippen MR) is 61.3 cm³/mol. The van der Waals surface area contributed by atoms with Gasteiger partial charge in [0, 0.05) is 11.1 Å². The molecular formula is C10H14N2O2S. The van der Waals surface area contributed by atoms with E-state index in [9.17, 15) is 4.79 Å². The van der Waals surface area contributed by atoms with Crippen molar-refractivity contribution in [1.82, 2.24) is 4.98 Å². The van der Waals surface area contributed by atoms with Crippen LogP contribution in [-0.2, 0) is 4.74 Å². The lowest BCUT2D eigenvalue weighted by atomic mass is 10.2. The first-order valence-electron chi connectivity index (χ1n) is 4.52. The fraction of sp³-hybridized carbons (Fsp3) is 0.400. The van der Waals surface area contributed by atoms with Crippen molar-refractivity contribution in [3.8, 4) is 0 Å².